The summed E-state index contributed by atoms with van der Waals surface area (Å²) in [4.78, 5) is 17.6. The zero-order valence-corrected chi connectivity index (χ0v) is 25.1. The first-order chi connectivity index (χ1) is 20.7. The zero-order chi connectivity index (χ0) is 29.9. The monoisotopic (exact) mass is 627 g/mol. The smallest absolute Gasteiger partial charge is 0.255 e. The topological polar surface area (TPSA) is 70.2 Å². The number of halogens is 3. The lowest BCUT2D eigenvalue weighted by atomic mass is 9.90. The van der Waals surface area contributed by atoms with E-state index in [1.54, 1.807) is 33.5 Å². The van der Waals surface area contributed by atoms with Crippen LogP contribution in [0, 0.1) is 11.6 Å². The van der Waals surface area contributed by atoms with E-state index in [9.17, 15) is 22.0 Å². The highest BCUT2D eigenvalue weighted by atomic mass is 35.5. The number of nitrogens with zero attached hydrogens (tertiary/aromatic N) is 3. The molecule has 3 fully saturated rings. The molecule has 1 amide bonds. The molecule has 7 rings (SSSR count). The van der Waals surface area contributed by atoms with Crippen LogP contribution in [0.25, 0.3) is 0 Å². The van der Waals surface area contributed by atoms with E-state index in [4.69, 9.17) is 16.3 Å². The third-order valence-electron chi connectivity index (χ3n) is 9.38. The molecule has 0 aliphatic carbocycles. The van der Waals surface area contributed by atoms with Crippen molar-refractivity contribution in [1.29, 1.82) is 0 Å². The highest BCUT2D eigenvalue weighted by molar-refractivity contribution is 7.89. The SMILES string of the molecule is O=C(c1ccc(F)cc1Cl)N1C[C@H]2CC[C@@H](C1)N2c1cc(S(=O)(=O)N2CCC(c3ccc(F)cc3)CC2)cc2c1OCC2. The normalized spacial score (nSPS) is 22.5. The Morgan fingerprint density at radius 2 is 1.56 bits per heavy atom. The number of carbonyl (C=O) groups excluding carboxylic acids is 1. The Morgan fingerprint density at radius 1 is 0.884 bits per heavy atom. The molecule has 2 atom stereocenters. The first-order valence-electron chi connectivity index (χ1n) is 14.8. The molecule has 3 aromatic carbocycles. The van der Waals surface area contributed by atoms with Crippen LogP contribution in [0.3, 0.4) is 0 Å². The van der Waals surface area contributed by atoms with Crippen LogP contribution in [0.15, 0.2) is 59.5 Å². The fourth-order valence-electron chi connectivity index (χ4n) is 7.21. The summed E-state index contributed by atoms with van der Waals surface area (Å²) >= 11 is 6.20. The van der Waals surface area contributed by atoms with Crippen molar-refractivity contribution in [1.82, 2.24) is 9.21 Å². The molecule has 2 bridgehead atoms. The van der Waals surface area contributed by atoms with Gasteiger partial charge in [-0.3, -0.25) is 4.79 Å². The van der Waals surface area contributed by atoms with Gasteiger partial charge in [0.1, 0.15) is 17.4 Å². The first kappa shape index (κ1) is 28.6. The number of carbonyl (C=O) groups is 1. The molecule has 0 unspecified atom stereocenters. The second-order valence-electron chi connectivity index (χ2n) is 11.9. The second-order valence-corrected chi connectivity index (χ2v) is 14.2. The molecule has 3 saturated heterocycles. The maximum Gasteiger partial charge on any atom is 0.255 e. The summed E-state index contributed by atoms with van der Waals surface area (Å²) in [7, 11) is -3.76. The van der Waals surface area contributed by atoms with Crippen molar-refractivity contribution in [2.45, 2.75) is 55.0 Å². The van der Waals surface area contributed by atoms with E-state index in [-0.39, 0.29) is 45.2 Å². The molecule has 0 radical (unpaired) electrons. The van der Waals surface area contributed by atoms with E-state index in [1.165, 1.54) is 24.3 Å². The van der Waals surface area contributed by atoms with Gasteiger partial charge < -0.3 is 14.5 Å². The molecule has 0 aromatic heterocycles. The molecule has 0 spiro atoms. The summed E-state index contributed by atoms with van der Waals surface area (Å²) in [5.74, 6) is -0.0858. The zero-order valence-electron chi connectivity index (χ0n) is 23.5. The van der Waals surface area contributed by atoms with Gasteiger partial charge in [-0.2, -0.15) is 4.31 Å². The Kier molecular flexibility index (Phi) is 7.34. The largest absolute Gasteiger partial charge is 0.491 e. The number of piperidine rings is 1. The van der Waals surface area contributed by atoms with E-state index in [0.717, 1.165) is 41.5 Å². The average molecular weight is 628 g/mol. The van der Waals surface area contributed by atoms with Gasteiger partial charge in [0.25, 0.3) is 5.91 Å². The summed E-state index contributed by atoms with van der Waals surface area (Å²) in [6, 6.07) is 13.8. The molecule has 0 N–H and O–H groups in total. The molecule has 226 valence electrons. The van der Waals surface area contributed by atoms with Gasteiger partial charge >= 0.3 is 0 Å². The van der Waals surface area contributed by atoms with Crippen molar-refractivity contribution in [3.8, 4) is 5.75 Å². The minimum Gasteiger partial charge on any atom is -0.491 e. The Labute approximate surface area is 255 Å². The van der Waals surface area contributed by atoms with Crippen LogP contribution >= 0.6 is 11.6 Å². The number of amides is 1. The maximum absolute atomic E-state index is 14.0. The van der Waals surface area contributed by atoms with Crippen molar-refractivity contribution < 1.29 is 26.7 Å². The van der Waals surface area contributed by atoms with Crippen molar-refractivity contribution in [2.24, 2.45) is 0 Å². The number of piperazine rings is 1. The first-order valence-corrected chi connectivity index (χ1v) is 16.6. The Balaban J connectivity index is 1.13. The lowest BCUT2D eigenvalue weighted by Crippen LogP contribution is -2.55. The third kappa shape index (κ3) is 5.17. The molecule has 4 heterocycles. The summed E-state index contributed by atoms with van der Waals surface area (Å²) in [5.41, 5.74) is 2.96. The lowest BCUT2D eigenvalue weighted by Gasteiger charge is -2.43. The van der Waals surface area contributed by atoms with Crippen LogP contribution in [0.1, 0.15) is 53.1 Å². The molecule has 0 saturated carbocycles. The molecule has 4 aliphatic rings. The van der Waals surface area contributed by atoms with Gasteiger partial charge in [-0.25, -0.2) is 17.2 Å². The Morgan fingerprint density at radius 3 is 2.23 bits per heavy atom. The van der Waals surface area contributed by atoms with E-state index < -0.39 is 15.8 Å². The average Bonchev–Trinajstić information content (AvgIpc) is 3.58. The number of rotatable bonds is 5. The van der Waals surface area contributed by atoms with Gasteiger partial charge in [0.05, 0.1) is 27.8 Å². The summed E-state index contributed by atoms with van der Waals surface area (Å²) < 4.78 is 62.5. The predicted octanol–water partition coefficient (Wildman–Crippen LogP) is 5.61. The standard InChI is InChI=1S/C32H32ClF2N3O4S/c33-29-16-24(35)5-8-28(29)32(39)36-18-25-6-7-26(19-36)38(25)30-17-27(15-22-11-14-42-31(22)30)43(40,41)37-12-9-21(10-13-37)20-1-3-23(34)4-2-20/h1-5,8,15-17,21,25-26H,6-7,9-14,18-19H2/t25-,26+. The van der Waals surface area contributed by atoms with E-state index in [2.05, 4.69) is 4.90 Å². The number of sulfonamides is 1. The third-order valence-corrected chi connectivity index (χ3v) is 11.6. The minimum absolute atomic E-state index is 0.0142. The Hall–Kier alpha value is -3.21. The maximum atomic E-state index is 14.0. The molecule has 3 aromatic rings. The number of benzene rings is 3. The number of hydrogen-bond donors (Lipinski definition) is 0. The van der Waals surface area contributed by atoms with E-state index in [1.807, 2.05) is 0 Å². The van der Waals surface area contributed by atoms with Crippen molar-refractivity contribution in [3.63, 3.8) is 0 Å². The highest BCUT2D eigenvalue weighted by Crippen LogP contribution is 2.45. The van der Waals surface area contributed by atoms with Crippen LogP contribution in [0.5, 0.6) is 5.75 Å². The van der Waals surface area contributed by atoms with Gasteiger partial charge in [-0.1, -0.05) is 23.7 Å². The van der Waals surface area contributed by atoms with Crippen LogP contribution in [-0.2, 0) is 16.4 Å². The summed E-state index contributed by atoms with van der Waals surface area (Å²) in [5, 5.41) is 0.0885. The molecule has 43 heavy (non-hydrogen) atoms. The second kappa shape index (κ2) is 11.1. The fraction of sp³-hybridized carbons (Fsp3) is 0.406. The highest BCUT2D eigenvalue weighted by Gasteiger charge is 2.44. The number of anilines is 1. The number of ether oxygens (including phenoxy) is 1. The summed E-state index contributed by atoms with van der Waals surface area (Å²) in [6.45, 7) is 2.18. The number of hydrogen-bond acceptors (Lipinski definition) is 5. The van der Waals surface area contributed by atoms with Crippen LogP contribution in [0.4, 0.5) is 14.5 Å². The predicted molar refractivity (Wildman–Crippen MR) is 159 cm³/mol. The molecule has 7 nitrogen and oxygen atoms in total. The number of likely N-dealkylation sites (tertiary alicyclic amines) is 1. The molecular formula is C32H32ClF2N3O4S. The van der Waals surface area contributed by atoms with Gasteiger partial charge in [-0.05, 0) is 79.6 Å². The van der Waals surface area contributed by atoms with Crippen LogP contribution < -0.4 is 9.64 Å². The van der Waals surface area contributed by atoms with Crippen molar-refractivity contribution >= 4 is 33.2 Å². The van der Waals surface area contributed by atoms with Crippen molar-refractivity contribution in [2.75, 3.05) is 37.7 Å². The van der Waals surface area contributed by atoms with Crippen molar-refractivity contribution in [3.05, 3.63) is 87.9 Å². The van der Waals surface area contributed by atoms with Gasteiger partial charge in [-0.15, -0.1) is 0 Å². The number of fused-ring (bicyclic) bond motifs is 3. The van der Waals surface area contributed by atoms with Crippen LogP contribution in [-0.4, -0.2) is 68.4 Å². The summed E-state index contributed by atoms with van der Waals surface area (Å²) in [6.07, 6.45) is 3.69. The molecule has 4 aliphatic heterocycles. The molecular weight excluding hydrogens is 596 g/mol. The Bertz CT molecular complexity index is 1660. The van der Waals surface area contributed by atoms with Gasteiger partial charge in [0.15, 0.2) is 0 Å². The lowest BCUT2D eigenvalue weighted by molar-refractivity contribution is 0.0718. The van der Waals surface area contributed by atoms with E-state index >= 15 is 0 Å². The van der Waals surface area contributed by atoms with Crippen LogP contribution in [0.2, 0.25) is 5.02 Å². The van der Waals surface area contributed by atoms with Gasteiger partial charge in [0, 0.05) is 50.2 Å². The fourth-order valence-corrected chi connectivity index (χ4v) is 9.00. The quantitative estimate of drug-likeness (QED) is 0.368. The minimum atomic E-state index is -3.76. The van der Waals surface area contributed by atoms with Gasteiger partial charge in [0.2, 0.25) is 10.0 Å². The van der Waals surface area contributed by atoms with E-state index in [0.29, 0.717) is 52.0 Å². The molecule has 11 heteroatoms.